The summed E-state index contributed by atoms with van der Waals surface area (Å²) >= 11 is 0. The van der Waals surface area contributed by atoms with Crippen molar-refractivity contribution in [3.05, 3.63) is 59.7 Å². The van der Waals surface area contributed by atoms with Crippen molar-refractivity contribution in [2.75, 3.05) is 27.4 Å². The summed E-state index contributed by atoms with van der Waals surface area (Å²) in [5.41, 5.74) is 2.95. The molecular weight excluding hydrogens is 418 g/mol. The lowest BCUT2D eigenvalue weighted by Crippen LogP contribution is -2.29. The molecule has 0 fully saturated rings. The maximum atomic E-state index is 12.6. The minimum Gasteiger partial charge on any atom is -0.497 e. The van der Waals surface area contributed by atoms with Crippen molar-refractivity contribution >= 4 is 10.0 Å². The van der Waals surface area contributed by atoms with Gasteiger partial charge in [-0.3, -0.25) is 0 Å². The van der Waals surface area contributed by atoms with E-state index < -0.39 is 10.0 Å². The molecule has 2 aromatic carbocycles. The Balaban J connectivity index is 1.56. The molecule has 0 bridgehead atoms. The summed E-state index contributed by atoms with van der Waals surface area (Å²) in [5.74, 6) is 1.73. The van der Waals surface area contributed by atoms with Gasteiger partial charge in [0.1, 0.15) is 18.1 Å². The van der Waals surface area contributed by atoms with Crippen LogP contribution in [0, 0.1) is 13.8 Å². The molecule has 31 heavy (non-hydrogen) atoms. The molecule has 0 atom stereocenters. The van der Waals surface area contributed by atoms with Crippen LogP contribution >= 0.6 is 0 Å². The van der Waals surface area contributed by atoms with Crippen molar-refractivity contribution in [3.63, 3.8) is 0 Å². The fraction of sp³-hybridized carbons (Fsp3) is 0.273. The van der Waals surface area contributed by atoms with E-state index in [-0.39, 0.29) is 18.0 Å². The zero-order valence-electron chi connectivity index (χ0n) is 17.9. The third kappa shape index (κ3) is 5.50. The summed E-state index contributed by atoms with van der Waals surface area (Å²) in [5, 5.41) is 8.19. The second-order valence-electron chi connectivity index (χ2n) is 6.82. The molecule has 3 aromatic rings. The van der Waals surface area contributed by atoms with Crippen molar-refractivity contribution in [2.24, 2.45) is 0 Å². The zero-order valence-corrected chi connectivity index (χ0v) is 18.7. The number of aromatic nitrogens is 2. The van der Waals surface area contributed by atoms with Gasteiger partial charge in [0.05, 0.1) is 24.8 Å². The molecule has 0 amide bonds. The Hall–Kier alpha value is -3.17. The first-order chi connectivity index (χ1) is 14.8. The number of hydrogen-bond donors (Lipinski definition) is 1. The molecule has 1 N–H and O–H groups in total. The van der Waals surface area contributed by atoms with Crippen molar-refractivity contribution < 1.29 is 22.6 Å². The number of methoxy groups -OCH3 is 2. The van der Waals surface area contributed by atoms with E-state index in [1.165, 1.54) is 0 Å². The lowest BCUT2D eigenvalue weighted by atomic mass is 10.1. The first-order valence-electron chi connectivity index (χ1n) is 9.60. The molecule has 1 aromatic heterocycles. The van der Waals surface area contributed by atoms with Crippen LogP contribution in [0.25, 0.3) is 11.3 Å². The first-order valence-corrected chi connectivity index (χ1v) is 11.1. The maximum Gasteiger partial charge on any atom is 0.240 e. The van der Waals surface area contributed by atoms with Gasteiger partial charge in [-0.15, -0.1) is 10.2 Å². The van der Waals surface area contributed by atoms with Gasteiger partial charge in [0.25, 0.3) is 0 Å². The molecule has 0 radical (unpaired) electrons. The van der Waals surface area contributed by atoms with Gasteiger partial charge in [-0.05, 0) is 67.4 Å². The normalized spacial score (nSPS) is 11.2. The minimum absolute atomic E-state index is 0.0920. The van der Waals surface area contributed by atoms with E-state index in [1.807, 2.05) is 24.3 Å². The van der Waals surface area contributed by atoms with Crippen LogP contribution in [0.4, 0.5) is 0 Å². The number of hydrogen-bond acceptors (Lipinski definition) is 7. The smallest absolute Gasteiger partial charge is 0.240 e. The predicted octanol–water partition coefficient (Wildman–Crippen LogP) is 3.13. The number of benzene rings is 2. The summed E-state index contributed by atoms with van der Waals surface area (Å²) in [6, 6.07) is 14.3. The Morgan fingerprint density at radius 3 is 2.26 bits per heavy atom. The second kappa shape index (κ2) is 9.76. The first kappa shape index (κ1) is 22.5. The average molecular weight is 444 g/mol. The van der Waals surface area contributed by atoms with Crippen molar-refractivity contribution in [2.45, 2.75) is 18.7 Å². The molecule has 0 unspecified atom stereocenters. The molecular formula is C22H25N3O5S. The van der Waals surface area contributed by atoms with Crippen LogP contribution in [-0.4, -0.2) is 46.0 Å². The highest BCUT2D eigenvalue weighted by atomic mass is 32.2. The molecule has 0 spiro atoms. The molecule has 0 aliphatic heterocycles. The summed E-state index contributed by atoms with van der Waals surface area (Å²) in [6.45, 7) is 3.74. The molecule has 8 nitrogen and oxygen atoms in total. The van der Waals surface area contributed by atoms with Gasteiger partial charge in [0.2, 0.25) is 15.9 Å². The summed E-state index contributed by atoms with van der Waals surface area (Å²) in [7, 11) is -0.508. The van der Waals surface area contributed by atoms with Crippen LogP contribution in [-0.2, 0) is 10.0 Å². The quantitative estimate of drug-likeness (QED) is 0.507. The number of ether oxygens (including phenoxy) is 3. The number of sulfonamides is 1. The molecule has 1 heterocycles. The van der Waals surface area contributed by atoms with E-state index in [2.05, 4.69) is 14.9 Å². The van der Waals surface area contributed by atoms with Crippen molar-refractivity contribution in [1.29, 1.82) is 0 Å². The predicted molar refractivity (Wildman–Crippen MR) is 117 cm³/mol. The summed E-state index contributed by atoms with van der Waals surface area (Å²) in [4.78, 5) is 0.217. The van der Waals surface area contributed by atoms with Gasteiger partial charge in [0.15, 0.2) is 0 Å². The Bertz CT molecular complexity index is 1130. The number of aryl methyl sites for hydroxylation is 2. The Morgan fingerprint density at radius 1 is 0.903 bits per heavy atom. The zero-order chi connectivity index (χ0) is 22.4. The standard InChI is InChI=1S/C22H25N3O5S/c1-15-14-21(16(2)13-20(15)29-4)31(26,27)23-11-12-30-22-10-9-19(24-25-22)17-5-7-18(28-3)8-6-17/h5-10,13-14,23H,11-12H2,1-4H3. The van der Waals surface area contributed by atoms with Gasteiger partial charge in [-0.2, -0.15) is 0 Å². The molecule has 0 saturated carbocycles. The molecule has 164 valence electrons. The lowest BCUT2D eigenvalue weighted by Gasteiger charge is -2.13. The third-order valence-electron chi connectivity index (χ3n) is 4.65. The van der Waals surface area contributed by atoms with Gasteiger partial charge >= 0.3 is 0 Å². The molecule has 0 saturated heterocycles. The van der Waals surface area contributed by atoms with E-state index in [9.17, 15) is 8.42 Å². The van der Waals surface area contributed by atoms with E-state index >= 15 is 0 Å². The number of nitrogens with one attached hydrogen (secondary N) is 1. The lowest BCUT2D eigenvalue weighted by molar-refractivity contribution is 0.307. The van der Waals surface area contributed by atoms with Crippen molar-refractivity contribution in [3.8, 4) is 28.6 Å². The third-order valence-corrected chi connectivity index (χ3v) is 6.25. The second-order valence-corrected chi connectivity index (χ2v) is 8.55. The van der Waals surface area contributed by atoms with Gasteiger partial charge in [-0.1, -0.05) is 0 Å². The van der Waals surface area contributed by atoms with E-state index in [0.717, 1.165) is 16.9 Å². The van der Waals surface area contributed by atoms with Crippen LogP contribution in [0.1, 0.15) is 11.1 Å². The maximum absolute atomic E-state index is 12.6. The van der Waals surface area contributed by atoms with Gasteiger partial charge in [-0.25, -0.2) is 13.1 Å². The molecule has 0 aliphatic carbocycles. The van der Waals surface area contributed by atoms with Gasteiger partial charge in [0, 0.05) is 18.2 Å². The largest absolute Gasteiger partial charge is 0.497 e. The highest BCUT2D eigenvalue weighted by Crippen LogP contribution is 2.25. The highest BCUT2D eigenvalue weighted by Gasteiger charge is 2.18. The van der Waals surface area contributed by atoms with Crippen molar-refractivity contribution in [1.82, 2.24) is 14.9 Å². The fourth-order valence-electron chi connectivity index (χ4n) is 2.99. The van der Waals surface area contributed by atoms with E-state index in [1.54, 1.807) is 52.3 Å². The SMILES string of the molecule is COc1ccc(-c2ccc(OCCNS(=O)(=O)c3cc(C)c(OC)cc3C)nn2)cc1. The molecule has 9 heteroatoms. The van der Waals surface area contributed by atoms with Crippen LogP contribution in [0.5, 0.6) is 17.4 Å². The minimum atomic E-state index is -3.67. The summed E-state index contributed by atoms with van der Waals surface area (Å²) < 4.78 is 43.7. The summed E-state index contributed by atoms with van der Waals surface area (Å²) in [6.07, 6.45) is 0. The Labute approximate surface area is 182 Å². The monoisotopic (exact) mass is 443 g/mol. The fourth-order valence-corrected chi connectivity index (χ4v) is 4.32. The average Bonchev–Trinajstić information content (AvgIpc) is 2.78. The van der Waals surface area contributed by atoms with Crippen LogP contribution in [0.3, 0.4) is 0 Å². The topological polar surface area (TPSA) is 99.6 Å². The highest BCUT2D eigenvalue weighted by molar-refractivity contribution is 7.89. The van der Waals surface area contributed by atoms with Crippen LogP contribution in [0.15, 0.2) is 53.4 Å². The van der Waals surface area contributed by atoms with Crippen LogP contribution < -0.4 is 18.9 Å². The number of nitrogens with zero attached hydrogens (tertiary/aromatic N) is 2. The molecule has 0 aliphatic rings. The number of rotatable bonds is 9. The molecule has 3 rings (SSSR count). The van der Waals surface area contributed by atoms with E-state index in [0.29, 0.717) is 22.9 Å². The van der Waals surface area contributed by atoms with E-state index in [4.69, 9.17) is 14.2 Å². The Morgan fingerprint density at radius 2 is 1.65 bits per heavy atom. The van der Waals surface area contributed by atoms with Crippen LogP contribution in [0.2, 0.25) is 0 Å². The van der Waals surface area contributed by atoms with Gasteiger partial charge < -0.3 is 14.2 Å². The Kier molecular flexibility index (Phi) is 7.09.